The minimum atomic E-state index is 0.208. The predicted octanol–water partition coefficient (Wildman–Crippen LogP) is 4.88. The first-order chi connectivity index (χ1) is 9.97. The molecule has 1 rings (SSSR count). The van der Waals surface area contributed by atoms with E-state index in [0.29, 0.717) is 0 Å². The zero-order valence-electron chi connectivity index (χ0n) is 14.6. The van der Waals surface area contributed by atoms with E-state index >= 15 is 0 Å². The fourth-order valence-corrected chi connectivity index (χ4v) is 2.50. The van der Waals surface area contributed by atoms with Crippen LogP contribution in [0.4, 0.5) is 0 Å². The molecule has 0 saturated carbocycles. The fraction of sp³-hybridized carbons (Fsp3) is 0.684. The van der Waals surface area contributed by atoms with Crippen molar-refractivity contribution in [3.63, 3.8) is 0 Å². The van der Waals surface area contributed by atoms with Crippen LogP contribution in [0.5, 0.6) is 5.75 Å². The third kappa shape index (κ3) is 6.99. The molecule has 0 amide bonds. The van der Waals surface area contributed by atoms with Gasteiger partial charge in [-0.1, -0.05) is 46.8 Å². The van der Waals surface area contributed by atoms with Crippen LogP contribution in [0.15, 0.2) is 24.3 Å². The number of nitrogens with zero attached hydrogens (tertiary/aromatic N) is 1. The summed E-state index contributed by atoms with van der Waals surface area (Å²) < 4.78 is 5.85. The van der Waals surface area contributed by atoms with E-state index in [0.717, 1.165) is 25.3 Å². The number of rotatable bonds is 9. The molecular formula is C19H33NO. The van der Waals surface area contributed by atoms with Crippen molar-refractivity contribution in [1.82, 2.24) is 4.90 Å². The maximum atomic E-state index is 5.85. The molecule has 2 heteroatoms. The molecule has 0 heterocycles. The molecule has 1 aromatic carbocycles. The minimum absolute atomic E-state index is 0.208. The normalized spacial score (nSPS) is 11.9. The van der Waals surface area contributed by atoms with Gasteiger partial charge < -0.3 is 9.64 Å². The van der Waals surface area contributed by atoms with Gasteiger partial charge in [-0.3, -0.25) is 0 Å². The number of ether oxygens (including phenoxy) is 1. The van der Waals surface area contributed by atoms with Gasteiger partial charge in [-0.15, -0.1) is 0 Å². The van der Waals surface area contributed by atoms with Crippen LogP contribution < -0.4 is 4.74 Å². The second kappa shape index (κ2) is 9.09. The molecule has 0 N–H and O–H groups in total. The molecule has 0 aliphatic rings. The van der Waals surface area contributed by atoms with Gasteiger partial charge in [0, 0.05) is 6.54 Å². The highest BCUT2D eigenvalue weighted by atomic mass is 16.5. The molecule has 0 radical (unpaired) electrons. The summed E-state index contributed by atoms with van der Waals surface area (Å²) in [6, 6.07) is 8.54. The molecule has 0 aromatic heterocycles. The molecule has 0 atom stereocenters. The standard InChI is InChI=1S/C19H33NO/c1-6-13-20(14-7-2)15-8-16-21-18-11-9-17(10-12-18)19(3,4)5/h9-12H,6-8,13-16H2,1-5H3. The average Bonchev–Trinajstić information content (AvgIpc) is 2.43. The highest BCUT2D eigenvalue weighted by Gasteiger charge is 2.12. The summed E-state index contributed by atoms with van der Waals surface area (Å²) in [5, 5.41) is 0. The van der Waals surface area contributed by atoms with Crippen LogP contribution in [0.2, 0.25) is 0 Å². The molecule has 120 valence electrons. The first-order valence-corrected chi connectivity index (χ1v) is 8.43. The molecule has 0 spiro atoms. The lowest BCUT2D eigenvalue weighted by Crippen LogP contribution is -2.27. The summed E-state index contributed by atoms with van der Waals surface area (Å²) in [6.07, 6.45) is 3.56. The highest BCUT2D eigenvalue weighted by Crippen LogP contribution is 2.24. The third-order valence-corrected chi connectivity index (χ3v) is 3.69. The molecule has 21 heavy (non-hydrogen) atoms. The summed E-state index contributed by atoms with van der Waals surface area (Å²) in [4.78, 5) is 2.53. The lowest BCUT2D eigenvalue weighted by Gasteiger charge is -2.21. The second-order valence-electron chi connectivity index (χ2n) is 6.82. The summed E-state index contributed by atoms with van der Waals surface area (Å²) in [7, 11) is 0. The number of benzene rings is 1. The Morgan fingerprint density at radius 3 is 1.95 bits per heavy atom. The van der Waals surface area contributed by atoms with Crippen molar-refractivity contribution in [3.8, 4) is 5.75 Å². The monoisotopic (exact) mass is 291 g/mol. The van der Waals surface area contributed by atoms with Crippen LogP contribution in [0.3, 0.4) is 0 Å². The molecule has 0 unspecified atom stereocenters. The first-order valence-electron chi connectivity index (χ1n) is 8.43. The number of hydrogen-bond acceptors (Lipinski definition) is 2. The van der Waals surface area contributed by atoms with Crippen molar-refractivity contribution in [2.45, 2.75) is 59.3 Å². The van der Waals surface area contributed by atoms with Crippen LogP contribution in [0, 0.1) is 0 Å². The molecule has 1 aromatic rings. The van der Waals surface area contributed by atoms with E-state index in [1.807, 2.05) is 0 Å². The molecule has 2 nitrogen and oxygen atoms in total. The largest absolute Gasteiger partial charge is 0.494 e. The van der Waals surface area contributed by atoms with Gasteiger partial charge in [0.05, 0.1) is 6.61 Å². The minimum Gasteiger partial charge on any atom is -0.494 e. The Morgan fingerprint density at radius 2 is 1.48 bits per heavy atom. The Kier molecular flexibility index (Phi) is 7.81. The van der Waals surface area contributed by atoms with Crippen LogP contribution >= 0.6 is 0 Å². The fourth-order valence-electron chi connectivity index (χ4n) is 2.50. The SMILES string of the molecule is CCCN(CCC)CCCOc1ccc(C(C)(C)C)cc1. The maximum absolute atomic E-state index is 5.85. The van der Waals surface area contributed by atoms with E-state index in [4.69, 9.17) is 4.74 Å². The van der Waals surface area contributed by atoms with E-state index in [9.17, 15) is 0 Å². The van der Waals surface area contributed by atoms with Crippen molar-refractivity contribution >= 4 is 0 Å². The van der Waals surface area contributed by atoms with Crippen LogP contribution in [0.1, 0.15) is 59.4 Å². The van der Waals surface area contributed by atoms with E-state index in [2.05, 4.69) is 63.8 Å². The number of hydrogen-bond donors (Lipinski definition) is 0. The summed E-state index contributed by atoms with van der Waals surface area (Å²) >= 11 is 0. The van der Waals surface area contributed by atoms with Gasteiger partial charge >= 0.3 is 0 Å². The second-order valence-corrected chi connectivity index (χ2v) is 6.82. The van der Waals surface area contributed by atoms with Gasteiger partial charge in [0.15, 0.2) is 0 Å². The summed E-state index contributed by atoms with van der Waals surface area (Å²) in [5.41, 5.74) is 1.56. The van der Waals surface area contributed by atoms with E-state index < -0.39 is 0 Å². The third-order valence-electron chi connectivity index (χ3n) is 3.69. The quantitative estimate of drug-likeness (QED) is 0.602. The average molecular weight is 291 g/mol. The molecule has 0 bridgehead atoms. The Morgan fingerprint density at radius 1 is 0.905 bits per heavy atom. The maximum Gasteiger partial charge on any atom is 0.119 e. The zero-order valence-corrected chi connectivity index (χ0v) is 14.6. The van der Waals surface area contributed by atoms with Crippen molar-refractivity contribution < 1.29 is 4.74 Å². The van der Waals surface area contributed by atoms with Gasteiger partial charge in [-0.25, -0.2) is 0 Å². The molecular weight excluding hydrogens is 258 g/mol. The molecule has 0 fully saturated rings. The Balaban J connectivity index is 2.32. The Labute approximate surface area is 131 Å². The summed E-state index contributed by atoms with van der Waals surface area (Å²) in [5.74, 6) is 0.987. The van der Waals surface area contributed by atoms with Crippen molar-refractivity contribution in [1.29, 1.82) is 0 Å². The van der Waals surface area contributed by atoms with Crippen LogP contribution in [0.25, 0.3) is 0 Å². The van der Waals surface area contributed by atoms with Gasteiger partial charge in [0.2, 0.25) is 0 Å². The zero-order chi connectivity index (χ0) is 15.7. The van der Waals surface area contributed by atoms with E-state index in [1.54, 1.807) is 0 Å². The highest BCUT2D eigenvalue weighted by molar-refractivity contribution is 5.31. The first kappa shape index (κ1) is 18.0. The lowest BCUT2D eigenvalue weighted by molar-refractivity contribution is 0.234. The van der Waals surface area contributed by atoms with Crippen molar-refractivity contribution in [3.05, 3.63) is 29.8 Å². The Hall–Kier alpha value is -1.02. The van der Waals surface area contributed by atoms with Crippen molar-refractivity contribution in [2.24, 2.45) is 0 Å². The van der Waals surface area contributed by atoms with Gasteiger partial charge in [-0.2, -0.15) is 0 Å². The van der Waals surface area contributed by atoms with E-state index in [1.165, 1.54) is 31.5 Å². The molecule has 0 saturated heterocycles. The van der Waals surface area contributed by atoms with Crippen LogP contribution in [-0.4, -0.2) is 31.1 Å². The topological polar surface area (TPSA) is 12.5 Å². The smallest absolute Gasteiger partial charge is 0.119 e. The molecule has 0 aliphatic carbocycles. The Bertz CT molecular complexity index is 372. The predicted molar refractivity (Wildman–Crippen MR) is 92.3 cm³/mol. The van der Waals surface area contributed by atoms with Crippen molar-refractivity contribution in [2.75, 3.05) is 26.2 Å². The molecule has 0 aliphatic heterocycles. The summed E-state index contributed by atoms with van der Waals surface area (Å²) in [6.45, 7) is 15.5. The van der Waals surface area contributed by atoms with Gasteiger partial charge in [0.1, 0.15) is 5.75 Å². The van der Waals surface area contributed by atoms with E-state index in [-0.39, 0.29) is 5.41 Å². The lowest BCUT2D eigenvalue weighted by atomic mass is 9.87. The van der Waals surface area contributed by atoms with Crippen LogP contribution in [-0.2, 0) is 5.41 Å². The van der Waals surface area contributed by atoms with Gasteiger partial charge in [0.25, 0.3) is 0 Å². The van der Waals surface area contributed by atoms with Gasteiger partial charge in [-0.05, 0) is 55.5 Å².